The molecule has 1 unspecified atom stereocenters. The average Bonchev–Trinajstić information content (AvgIpc) is 2.95. The SMILES string of the molecule is O=C1CCCCC1(c1ccccc1)N1CCCC1. The lowest BCUT2D eigenvalue weighted by Gasteiger charge is -2.43. The predicted octanol–water partition coefficient (Wildman–Crippen LogP) is 3.12. The van der Waals surface area contributed by atoms with Gasteiger partial charge in [0.15, 0.2) is 5.78 Å². The maximum atomic E-state index is 12.7. The summed E-state index contributed by atoms with van der Waals surface area (Å²) in [6.07, 6.45) is 6.49. The lowest BCUT2D eigenvalue weighted by atomic mass is 9.74. The Morgan fingerprint density at radius 3 is 2.33 bits per heavy atom. The first-order chi connectivity index (χ1) is 8.84. The highest BCUT2D eigenvalue weighted by atomic mass is 16.1. The van der Waals surface area contributed by atoms with Gasteiger partial charge in [-0.15, -0.1) is 0 Å². The van der Waals surface area contributed by atoms with Gasteiger partial charge in [0.1, 0.15) is 5.54 Å². The third-order valence-electron chi connectivity index (χ3n) is 4.55. The van der Waals surface area contributed by atoms with Gasteiger partial charge in [-0.05, 0) is 44.3 Å². The first-order valence-electron chi connectivity index (χ1n) is 7.18. The van der Waals surface area contributed by atoms with Crippen LogP contribution in [0.25, 0.3) is 0 Å². The van der Waals surface area contributed by atoms with Crippen molar-refractivity contribution in [3.63, 3.8) is 0 Å². The Morgan fingerprint density at radius 1 is 0.944 bits per heavy atom. The molecule has 1 aliphatic heterocycles. The van der Waals surface area contributed by atoms with Crippen LogP contribution in [0.1, 0.15) is 44.1 Å². The monoisotopic (exact) mass is 243 g/mol. The van der Waals surface area contributed by atoms with Gasteiger partial charge >= 0.3 is 0 Å². The van der Waals surface area contributed by atoms with Gasteiger partial charge in [0, 0.05) is 6.42 Å². The Kier molecular flexibility index (Phi) is 3.21. The van der Waals surface area contributed by atoms with Gasteiger partial charge in [-0.25, -0.2) is 0 Å². The second-order valence-corrected chi connectivity index (χ2v) is 5.55. The van der Waals surface area contributed by atoms with Crippen molar-refractivity contribution in [2.24, 2.45) is 0 Å². The first-order valence-corrected chi connectivity index (χ1v) is 7.18. The Labute approximate surface area is 109 Å². The number of carbonyl (C=O) groups excluding carboxylic acids is 1. The summed E-state index contributed by atoms with van der Waals surface area (Å²) in [5.41, 5.74) is 0.923. The van der Waals surface area contributed by atoms with Crippen molar-refractivity contribution in [3.8, 4) is 0 Å². The molecule has 1 saturated carbocycles. The molecule has 2 fully saturated rings. The van der Waals surface area contributed by atoms with Gasteiger partial charge in [-0.1, -0.05) is 36.8 Å². The minimum Gasteiger partial charge on any atom is -0.297 e. The molecule has 1 aliphatic carbocycles. The van der Waals surface area contributed by atoms with E-state index in [4.69, 9.17) is 0 Å². The minimum atomic E-state index is -0.296. The maximum Gasteiger partial charge on any atom is 0.157 e. The molecule has 1 atom stereocenters. The van der Waals surface area contributed by atoms with E-state index in [1.807, 2.05) is 6.07 Å². The van der Waals surface area contributed by atoms with Gasteiger partial charge in [-0.3, -0.25) is 9.69 Å². The minimum absolute atomic E-state index is 0.296. The van der Waals surface area contributed by atoms with Gasteiger partial charge in [0.2, 0.25) is 0 Å². The lowest BCUT2D eigenvalue weighted by molar-refractivity contribution is -0.134. The van der Waals surface area contributed by atoms with Crippen LogP contribution in [0.4, 0.5) is 0 Å². The predicted molar refractivity (Wildman–Crippen MR) is 72.4 cm³/mol. The summed E-state index contributed by atoms with van der Waals surface area (Å²) in [6.45, 7) is 2.17. The molecule has 2 heteroatoms. The summed E-state index contributed by atoms with van der Waals surface area (Å²) >= 11 is 0. The summed E-state index contributed by atoms with van der Waals surface area (Å²) in [7, 11) is 0. The molecule has 1 aromatic carbocycles. The molecule has 0 aromatic heterocycles. The molecule has 2 nitrogen and oxygen atoms in total. The fraction of sp³-hybridized carbons (Fsp3) is 0.562. The third kappa shape index (κ3) is 1.79. The molecule has 1 heterocycles. The first kappa shape index (κ1) is 11.9. The van der Waals surface area contributed by atoms with Crippen molar-refractivity contribution in [2.75, 3.05) is 13.1 Å². The van der Waals surface area contributed by atoms with Crippen molar-refractivity contribution in [1.82, 2.24) is 4.90 Å². The highest BCUT2D eigenvalue weighted by molar-refractivity contribution is 5.90. The van der Waals surface area contributed by atoms with Crippen molar-refractivity contribution in [2.45, 2.75) is 44.1 Å². The number of rotatable bonds is 2. The standard InChI is InChI=1S/C16H21NO/c18-15-10-4-5-11-16(15,17-12-6-7-13-17)14-8-2-1-3-9-14/h1-3,8-9H,4-7,10-13H2. The number of benzene rings is 1. The van der Waals surface area contributed by atoms with E-state index >= 15 is 0 Å². The second-order valence-electron chi connectivity index (χ2n) is 5.55. The zero-order chi connectivity index (χ0) is 12.4. The Balaban J connectivity index is 2.04. The summed E-state index contributed by atoms with van der Waals surface area (Å²) in [4.78, 5) is 15.1. The molecule has 96 valence electrons. The number of hydrogen-bond acceptors (Lipinski definition) is 2. The van der Waals surface area contributed by atoms with Crippen molar-refractivity contribution < 1.29 is 4.79 Å². The molecule has 3 rings (SSSR count). The van der Waals surface area contributed by atoms with Crippen molar-refractivity contribution in [3.05, 3.63) is 35.9 Å². The summed E-state index contributed by atoms with van der Waals surface area (Å²) in [6, 6.07) is 10.4. The zero-order valence-electron chi connectivity index (χ0n) is 10.9. The van der Waals surface area contributed by atoms with Crippen LogP contribution in [0.2, 0.25) is 0 Å². The highest BCUT2D eigenvalue weighted by Crippen LogP contribution is 2.41. The zero-order valence-corrected chi connectivity index (χ0v) is 10.9. The number of Topliss-reactive ketones (excluding diaryl/α,β-unsaturated/α-hetero) is 1. The molecule has 0 bridgehead atoms. The fourth-order valence-corrected chi connectivity index (χ4v) is 3.65. The van der Waals surface area contributed by atoms with E-state index in [2.05, 4.69) is 29.2 Å². The van der Waals surface area contributed by atoms with Crippen molar-refractivity contribution in [1.29, 1.82) is 0 Å². The van der Waals surface area contributed by atoms with Gasteiger partial charge < -0.3 is 0 Å². The normalized spacial score (nSPS) is 29.7. The smallest absolute Gasteiger partial charge is 0.157 e. The van der Waals surface area contributed by atoms with E-state index in [0.717, 1.165) is 32.4 Å². The highest BCUT2D eigenvalue weighted by Gasteiger charge is 2.46. The van der Waals surface area contributed by atoms with Crippen LogP contribution in [-0.4, -0.2) is 23.8 Å². The van der Waals surface area contributed by atoms with Crippen LogP contribution in [-0.2, 0) is 10.3 Å². The Morgan fingerprint density at radius 2 is 1.67 bits per heavy atom. The van der Waals surface area contributed by atoms with Crippen LogP contribution in [0, 0.1) is 0 Å². The van der Waals surface area contributed by atoms with Crippen LogP contribution < -0.4 is 0 Å². The quantitative estimate of drug-likeness (QED) is 0.795. The second kappa shape index (κ2) is 4.85. The number of likely N-dealkylation sites (tertiary alicyclic amines) is 1. The molecule has 0 amide bonds. The molecule has 18 heavy (non-hydrogen) atoms. The molecule has 1 saturated heterocycles. The van der Waals surface area contributed by atoms with Crippen LogP contribution in [0.5, 0.6) is 0 Å². The number of carbonyl (C=O) groups is 1. The molecule has 0 N–H and O–H groups in total. The van der Waals surface area contributed by atoms with Crippen LogP contribution >= 0.6 is 0 Å². The van der Waals surface area contributed by atoms with E-state index < -0.39 is 0 Å². The molecule has 1 aromatic rings. The van der Waals surface area contributed by atoms with Gasteiger partial charge in [-0.2, -0.15) is 0 Å². The molecular weight excluding hydrogens is 222 g/mol. The molecule has 0 radical (unpaired) electrons. The topological polar surface area (TPSA) is 20.3 Å². The summed E-state index contributed by atoms with van der Waals surface area (Å²) in [5, 5.41) is 0. The molecular formula is C16H21NO. The third-order valence-corrected chi connectivity index (χ3v) is 4.55. The number of nitrogens with zero attached hydrogens (tertiary/aromatic N) is 1. The van der Waals surface area contributed by atoms with E-state index in [1.165, 1.54) is 24.8 Å². The van der Waals surface area contributed by atoms with Crippen LogP contribution in [0.3, 0.4) is 0 Å². The van der Waals surface area contributed by atoms with Gasteiger partial charge in [0.25, 0.3) is 0 Å². The Bertz CT molecular complexity index is 422. The largest absolute Gasteiger partial charge is 0.297 e. The average molecular weight is 243 g/mol. The summed E-state index contributed by atoms with van der Waals surface area (Å²) < 4.78 is 0. The Hall–Kier alpha value is -1.15. The van der Waals surface area contributed by atoms with E-state index in [-0.39, 0.29) is 5.54 Å². The van der Waals surface area contributed by atoms with E-state index in [9.17, 15) is 4.79 Å². The summed E-state index contributed by atoms with van der Waals surface area (Å²) in [5.74, 6) is 0.446. The number of ketones is 1. The lowest BCUT2D eigenvalue weighted by Crippen LogP contribution is -2.52. The molecule has 2 aliphatic rings. The van der Waals surface area contributed by atoms with E-state index in [0.29, 0.717) is 5.78 Å². The fourth-order valence-electron chi connectivity index (χ4n) is 3.65. The van der Waals surface area contributed by atoms with E-state index in [1.54, 1.807) is 0 Å². The number of hydrogen-bond donors (Lipinski definition) is 0. The van der Waals surface area contributed by atoms with Gasteiger partial charge in [0.05, 0.1) is 0 Å². The molecule has 0 spiro atoms. The van der Waals surface area contributed by atoms with Crippen LogP contribution in [0.15, 0.2) is 30.3 Å². The maximum absolute atomic E-state index is 12.7. The van der Waals surface area contributed by atoms with Crippen molar-refractivity contribution >= 4 is 5.78 Å².